The Balaban J connectivity index is 2.20. The fourth-order valence-corrected chi connectivity index (χ4v) is 2.88. The first kappa shape index (κ1) is 15.5. The number of halogens is 1. The topological polar surface area (TPSA) is 44.5 Å². The van der Waals surface area contributed by atoms with Gasteiger partial charge in [-0.15, -0.1) is 0 Å². The first-order valence-electron chi connectivity index (χ1n) is 7.50. The van der Waals surface area contributed by atoms with E-state index in [1.165, 1.54) is 19.3 Å². The highest BCUT2D eigenvalue weighted by molar-refractivity contribution is 6.31. The minimum Gasteiger partial charge on any atom is -0.490 e. The van der Waals surface area contributed by atoms with Crippen LogP contribution < -0.4 is 15.2 Å². The first-order valence-corrected chi connectivity index (χ1v) is 7.88. The largest absolute Gasteiger partial charge is 0.490 e. The van der Waals surface area contributed by atoms with Gasteiger partial charge in [0.15, 0.2) is 11.5 Å². The van der Waals surface area contributed by atoms with Crippen molar-refractivity contribution in [1.82, 2.24) is 0 Å². The summed E-state index contributed by atoms with van der Waals surface area (Å²) in [6.07, 6.45) is 4.92. The van der Waals surface area contributed by atoms with Gasteiger partial charge in [0, 0.05) is 17.1 Å². The predicted octanol–water partition coefficient (Wildman–Crippen LogP) is 4.33. The Bertz CT molecular complexity index is 446. The zero-order chi connectivity index (χ0) is 14.5. The van der Waals surface area contributed by atoms with E-state index in [-0.39, 0.29) is 6.04 Å². The lowest BCUT2D eigenvalue weighted by atomic mass is 9.80. The number of ether oxygens (including phenoxy) is 2. The van der Waals surface area contributed by atoms with Gasteiger partial charge < -0.3 is 15.2 Å². The highest BCUT2D eigenvalue weighted by atomic mass is 35.5. The molecular weight excluding hydrogens is 274 g/mol. The maximum Gasteiger partial charge on any atom is 0.162 e. The van der Waals surface area contributed by atoms with Gasteiger partial charge in [0.1, 0.15) is 0 Å². The molecule has 1 atom stereocenters. The van der Waals surface area contributed by atoms with Gasteiger partial charge in [0.2, 0.25) is 0 Å². The van der Waals surface area contributed by atoms with Gasteiger partial charge in [-0.3, -0.25) is 0 Å². The number of nitrogens with two attached hydrogens (primary N) is 1. The van der Waals surface area contributed by atoms with Crippen molar-refractivity contribution >= 4 is 11.6 Å². The van der Waals surface area contributed by atoms with E-state index in [1.807, 2.05) is 26.0 Å². The highest BCUT2D eigenvalue weighted by Crippen LogP contribution is 2.39. The summed E-state index contributed by atoms with van der Waals surface area (Å²) in [6, 6.07) is 3.74. The van der Waals surface area contributed by atoms with Crippen LogP contribution in [0.25, 0.3) is 0 Å². The molecular formula is C16H24ClNO2. The van der Waals surface area contributed by atoms with E-state index in [4.69, 9.17) is 26.8 Å². The van der Waals surface area contributed by atoms with Crippen molar-refractivity contribution in [2.45, 2.75) is 45.6 Å². The summed E-state index contributed by atoms with van der Waals surface area (Å²) >= 11 is 6.36. The third-order valence-corrected chi connectivity index (χ3v) is 4.20. The molecule has 4 heteroatoms. The van der Waals surface area contributed by atoms with Crippen molar-refractivity contribution in [3.8, 4) is 11.5 Å². The normalized spacial score (nSPS) is 16.6. The molecule has 1 aliphatic carbocycles. The van der Waals surface area contributed by atoms with Crippen LogP contribution in [0.5, 0.6) is 11.5 Å². The standard InChI is InChI=1S/C16H24ClNO2/c1-3-19-15-9-12(13(17)10-16(15)20-4-2)14(18)8-11-6-5-7-11/h9-11,14H,3-8,18H2,1-2H3. The monoisotopic (exact) mass is 297 g/mol. The van der Waals surface area contributed by atoms with Crippen molar-refractivity contribution < 1.29 is 9.47 Å². The van der Waals surface area contributed by atoms with E-state index >= 15 is 0 Å². The van der Waals surface area contributed by atoms with Crippen molar-refractivity contribution in [2.24, 2.45) is 11.7 Å². The van der Waals surface area contributed by atoms with Crippen LogP contribution in [-0.4, -0.2) is 13.2 Å². The maximum atomic E-state index is 6.36. The summed E-state index contributed by atoms with van der Waals surface area (Å²) in [4.78, 5) is 0. The first-order chi connectivity index (χ1) is 9.65. The summed E-state index contributed by atoms with van der Waals surface area (Å²) in [5, 5.41) is 0.670. The second-order valence-corrected chi connectivity index (χ2v) is 5.73. The van der Waals surface area contributed by atoms with Crippen LogP contribution in [0, 0.1) is 5.92 Å². The molecule has 1 aromatic carbocycles. The smallest absolute Gasteiger partial charge is 0.162 e. The van der Waals surface area contributed by atoms with Gasteiger partial charge in [-0.1, -0.05) is 30.9 Å². The van der Waals surface area contributed by atoms with E-state index in [0.717, 1.165) is 23.7 Å². The van der Waals surface area contributed by atoms with Crippen LogP contribution >= 0.6 is 11.6 Å². The van der Waals surface area contributed by atoms with Crippen molar-refractivity contribution in [3.05, 3.63) is 22.7 Å². The van der Waals surface area contributed by atoms with E-state index < -0.39 is 0 Å². The third-order valence-electron chi connectivity index (χ3n) is 3.87. The van der Waals surface area contributed by atoms with Crippen LogP contribution in [0.15, 0.2) is 12.1 Å². The third kappa shape index (κ3) is 3.58. The summed E-state index contributed by atoms with van der Waals surface area (Å²) in [5.74, 6) is 2.18. The lowest BCUT2D eigenvalue weighted by Gasteiger charge is -2.28. The quantitative estimate of drug-likeness (QED) is 0.815. The Morgan fingerprint density at radius 3 is 2.30 bits per heavy atom. The number of benzene rings is 1. The zero-order valence-electron chi connectivity index (χ0n) is 12.3. The van der Waals surface area contributed by atoms with Gasteiger partial charge in [-0.25, -0.2) is 0 Å². The molecule has 1 fully saturated rings. The Hall–Kier alpha value is -0.930. The lowest BCUT2D eigenvalue weighted by molar-refractivity contribution is 0.275. The summed E-state index contributed by atoms with van der Waals surface area (Å²) in [6.45, 7) is 5.08. The molecule has 0 aliphatic heterocycles. The average molecular weight is 298 g/mol. The molecule has 0 bridgehead atoms. The Morgan fingerprint density at radius 1 is 1.20 bits per heavy atom. The number of rotatable bonds is 7. The van der Waals surface area contributed by atoms with Crippen LogP contribution in [0.4, 0.5) is 0 Å². The minimum absolute atomic E-state index is 0.0253. The Kier molecular flexibility index (Phi) is 5.55. The molecule has 3 nitrogen and oxygen atoms in total. The van der Waals surface area contributed by atoms with Crippen LogP contribution in [0.2, 0.25) is 5.02 Å². The molecule has 112 valence electrons. The molecule has 20 heavy (non-hydrogen) atoms. The van der Waals surface area contributed by atoms with Gasteiger partial charge >= 0.3 is 0 Å². The summed E-state index contributed by atoms with van der Waals surface area (Å²) < 4.78 is 11.2. The van der Waals surface area contributed by atoms with E-state index in [1.54, 1.807) is 0 Å². The molecule has 1 aliphatic rings. The second kappa shape index (κ2) is 7.19. The van der Waals surface area contributed by atoms with E-state index in [0.29, 0.717) is 24.0 Å². The van der Waals surface area contributed by atoms with E-state index in [9.17, 15) is 0 Å². The molecule has 0 radical (unpaired) electrons. The van der Waals surface area contributed by atoms with Crippen LogP contribution in [0.1, 0.15) is 51.1 Å². The van der Waals surface area contributed by atoms with Gasteiger partial charge in [-0.2, -0.15) is 0 Å². The summed E-state index contributed by atoms with van der Waals surface area (Å²) in [7, 11) is 0. The molecule has 1 unspecified atom stereocenters. The fourth-order valence-electron chi connectivity index (χ4n) is 2.59. The maximum absolute atomic E-state index is 6.36. The van der Waals surface area contributed by atoms with Gasteiger partial charge in [-0.05, 0) is 37.8 Å². The van der Waals surface area contributed by atoms with Gasteiger partial charge in [0.05, 0.1) is 13.2 Å². The number of hydrogen-bond donors (Lipinski definition) is 1. The Labute approximate surface area is 126 Å². The fraction of sp³-hybridized carbons (Fsp3) is 0.625. The molecule has 0 aromatic heterocycles. The predicted molar refractivity (Wildman–Crippen MR) is 82.7 cm³/mol. The lowest BCUT2D eigenvalue weighted by Crippen LogP contribution is -2.20. The zero-order valence-corrected chi connectivity index (χ0v) is 13.1. The minimum atomic E-state index is -0.0253. The van der Waals surface area contributed by atoms with Gasteiger partial charge in [0.25, 0.3) is 0 Å². The van der Waals surface area contributed by atoms with E-state index in [2.05, 4.69) is 0 Å². The summed E-state index contributed by atoms with van der Waals surface area (Å²) in [5.41, 5.74) is 7.28. The molecule has 0 amide bonds. The number of hydrogen-bond acceptors (Lipinski definition) is 3. The average Bonchev–Trinajstić information content (AvgIpc) is 2.37. The molecule has 0 spiro atoms. The molecule has 0 heterocycles. The molecule has 2 rings (SSSR count). The molecule has 0 saturated heterocycles. The van der Waals surface area contributed by atoms with Crippen LogP contribution in [0.3, 0.4) is 0 Å². The van der Waals surface area contributed by atoms with Crippen molar-refractivity contribution in [1.29, 1.82) is 0 Å². The highest BCUT2D eigenvalue weighted by Gasteiger charge is 2.23. The Morgan fingerprint density at radius 2 is 1.80 bits per heavy atom. The van der Waals surface area contributed by atoms with Crippen molar-refractivity contribution in [3.63, 3.8) is 0 Å². The van der Waals surface area contributed by atoms with Crippen LogP contribution in [-0.2, 0) is 0 Å². The molecule has 1 saturated carbocycles. The second-order valence-electron chi connectivity index (χ2n) is 5.33. The molecule has 1 aromatic rings. The SMILES string of the molecule is CCOc1cc(Cl)c(C(N)CC2CCC2)cc1OCC. The molecule has 2 N–H and O–H groups in total. The van der Waals surface area contributed by atoms with Crippen molar-refractivity contribution in [2.75, 3.05) is 13.2 Å².